The van der Waals surface area contributed by atoms with Crippen LogP contribution in [-0.2, 0) is 16.4 Å². The first-order valence-electron chi connectivity index (χ1n) is 7.63. The van der Waals surface area contributed by atoms with Crippen molar-refractivity contribution in [3.8, 4) is 0 Å². The van der Waals surface area contributed by atoms with Gasteiger partial charge in [0.25, 0.3) is 0 Å². The third-order valence-electron chi connectivity index (χ3n) is 3.17. The average molecular weight is 344 g/mol. The summed E-state index contributed by atoms with van der Waals surface area (Å²) in [5.41, 5.74) is 0.918. The Bertz CT molecular complexity index is 605. The third kappa shape index (κ3) is 8.51. The van der Waals surface area contributed by atoms with Gasteiger partial charge < -0.3 is 10.6 Å². The minimum Gasteiger partial charge on any atom is -0.356 e. The van der Waals surface area contributed by atoms with Gasteiger partial charge in [-0.2, -0.15) is 0 Å². The number of sulfonamides is 1. The van der Waals surface area contributed by atoms with Crippen molar-refractivity contribution in [1.29, 1.82) is 0 Å². The molecule has 23 heavy (non-hydrogen) atoms. The largest absolute Gasteiger partial charge is 0.356 e. The lowest BCUT2D eigenvalue weighted by molar-refractivity contribution is 0.579. The van der Waals surface area contributed by atoms with Gasteiger partial charge in [0.15, 0.2) is 5.96 Å². The minimum atomic E-state index is -3.13. The van der Waals surface area contributed by atoms with E-state index in [1.165, 1.54) is 12.1 Å². The highest BCUT2D eigenvalue weighted by molar-refractivity contribution is 7.89. The molecule has 0 radical (unpaired) electrons. The summed E-state index contributed by atoms with van der Waals surface area (Å²) in [4.78, 5) is 4.08. The van der Waals surface area contributed by atoms with Gasteiger partial charge in [-0.05, 0) is 37.5 Å². The maximum atomic E-state index is 13.1. The lowest BCUT2D eigenvalue weighted by Gasteiger charge is -2.12. The predicted molar refractivity (Wildman–Crippen MR) is 91.5 cm³/mol. The molecule has 0 aromatic heterocycles. The van der Waals surface area contributed by atoms with E-state index in [9.17, 15) is 12.8 Å². The molecule has 8 heteroatoms. The summed E-state index contributed by atoms with van der Waals surface area (Å²) in [6.45, 7) is 3.23. The molecule has 0 aliphatic heterocycles. The van der Waals surface area contributed by atoms with Crippen molar-refractivity contribution in [2.45, 2.75) is 19.8 Å². The summed E-state index contributed by atoms with van der Waals surface area (Å²) in [5, 5.41) is 6.23. The lowest BCUT2D eigenvalue weighted by Crippen LogP contribution is -2.39. The standard InChI is InChI=1S/C15H25FN4O2S/c1-3-23(21,22)20-10-5-9-18-15(17-2)19-11-8-13-6-4-7-14(16)12-13/h4,6-7,12,20H,3,5,8-11H2,1-2H3,(H2,17,18,19). The van der Waals surface area contributed by atoms with E-state index in [4.69, 9.17) is 0 Å². The number of guanidine groups is 1. The van der Waals surface area contributed by atoms with Crippen LogP contribution in [0.3, 0.4) is 0 Å². The zero-order valence-electron chi connectivity index (χ0n) is 13.6. The Labute approximate surface area is 137 Å². The summed E-state index contributed by atoms with van der Waals surface area (Å²) in [6, 6.07) is 6.50. The van der Waals surface area contributed by atoms with E-state index in [1.54, 1.807) is 20.0 Å². The molecule has 6 nitrogen and oxygen atoms in total. The Hall–Kier alpha value is -1.67. The van der Waals surface area contributed by atoms with Crippen molar-refractivity contribution in [2.75, 3.05) is 32.4 Å². The first-order valence-corrected chi connectivity index (χ1v) is 9.28. The summed E-state index contributed by atoms with van der Waals surface area (Å²) in [7, 11) is -1.46. The second-order valence-corrected chi connectivity index (χ2v) is 7.05. The summed E-state index contributed by atoms with van der Waals surface area (Å²) < 4.78 is 38.1. The number of hydrogen-bond donors (Lipinski definition) is 3. The molecule has 1 rings (SSSR count). The maximum Gasteiger partial charge on any atom is 0.211 e. The molecule has 0 aliphatic rings. The number of nitrogens with one attached hydrogen (secondary N) is 3. The average Bonchev–Trinajstić information content (AvgIpc) is 2.53. The molecule has 3 N–H and O–H groups in total. The van der Waals surface area contributed by atoms with Crippen molar-refractivity contribution < 1.29 is 12.8 Å². The third-order valence-corrected chi connectivity index (χ3v) is 4.57. The summed E-state index contributed by atoms with van der Waals surface area (Å²) in [5.74, 6) is 0.489. The molecular weight excluding hydrogens is 319 g/mol. The van der Waals surface area contributed by atoms with Gasteiger partial charge >= 0.3 is 0 Å². The fraction of sp³-hybridized carbons (Fsp3) is 0.533. The molecule has 0 saturated heterocycles. The van der Waals surface area contributed by atoms with E-state index in [0.717, 1.165) is 5.56 Å². The van der Waals surface area contributed by atoms with Gasteiger partial charge in [0.1, 0.15) is 5.82 Å². The van der Waals surface area contributed by atoms with Crippen LogP contribution < -0.4 is 15.4 Å². The molecule has 0 heterocycles. The van der Waals surface area contributed by atoms with Gasteiger partial charge in [0, 0.05) is 26.7 Å². The van der Waals surface area contributed by atoms with Crippen LogP contribution in [0.2, 0.25) is 0 Å². The molecular formula is C15H25FN4O2S. The van der Waals surface area contributed by atoms with Crippen LogP contribution in [0.15, 0.2) is 29.3 Å². The van der Waals surface area contributed by atoms with Crippen LogP contribution in [0, 0.1) is 5.82 Å². The molecule has 130 valence electrons. The highest BCUT2D eigenvalue weighted by Crippen LogP contribution is 2.03. The van der Waals surface area contributed by atoms with Crippen molar-refractivity contribution in [2.24, 2.45) is 4.99 Å². The van der Waals surface area contributed by atoms with Crippen molar-refractivity contribution in [1.82, 2.24) is 15.4 Å². The number of benzene rings is 1. The van der Waals surface area contributed by atoms with Crippen molar-refractivity contribution in [3.05, 3.63) is 35.6 Å². The fourth-order valence-electron chi connectivity index (χ4n) is 1.86. The van der Waals surface area contributed by atoms with Crippen LogP contribution in [0.5, 0.6) is 0 Å². The molecule has 0 unspecified atom stereocenters. The molecule has 0 fully saturated rings. The van der Waals surface area contributed by atoms with Crippen LogP contribution in [0.25, 0.3) is 0 Å². The Balaban J connectivity index is 2.20. The highest BCUT2D eigenvalue weighted by atomic mass is 32.2. The highest BCUT2D eigenvalue weighted by Gasteiger charge is 2.04. The molecule has 0 saturated carbocycles. The second-order valence-electron chi connectivity index (χ2n) is 4.96. The number of aliphatic imine (C=N–C) groups is 1. The molecule has 0 spiro atoms. The fourth-order valence-corrected chi connectivity index (χ4v) is 2.52. The van der Waals surface area contributed by atoms with E-state index < -0.39 is 10.0 Å². The first-order chi connectivity index (χ1) is 11.0. The smallest absolute Gasteiger partial charge is 0.211 e. The Morgan fingerprint density at radius 3 is 2.61 bits per heavy atom. The van der Waals surface area contributed by atoms with Gasteiger partial charge in [-0.15, -0.1) is 0 Å². The lowest BCUT2D eigenvalue weighted by atomic mass is 10.1. The zero-order chi connectivity index (χ0) is 17.1. The molecule has 0 bridgehead atoms. The maximum absolute atomic E-state index is 13.1. The van der Waals surface area contributed by atoms with Gasteiger partial charge in [0.05, 0.1) is 5.75 Å². The first kappa shape index (κ1) is 19.4. The quantitative estimate of drug-likeness (QED) is 0.353. The van der Waals surface area contributed by atoms with Gasteiger partial charge in [-0.1, -0.05) is 12.1 Å². The van der Waals surface area contributed by atoms with Crippen LogP contribution >= 0.6 is 0 Å². The van der Waals surface area contributed by atoms with Crippen molar-refractivity contribution in [3.63, 3.8) is 0 Å². The van der Waals surface area contributed by atoms with Crippen molar-refractivity contribution >= 4 is 16.0 Å². The summed E-state index contributed by atoms with van der Waals surface area (Å²) in [6.07, 6.45) is 1.35. The zero-order valence-corrected chi connectivity index (χ0v) is 14.4. The van der Waals surface area contributed by atoms with E-state index in [1.807, 2.05) is 6.07 Å². The normalized spacial score (nSPS) is 12.2. The summed E-state index contributed by atoms with van der Waals surface area (Å²) >= 11 is 0. The monoisotopic (exact) mass is 344 g/mol. The number of halogens is 1. The van der Waals surface area contributed by atoms with Gasteiger partial charge in [-0.25, -0.2) is 17.5 Å². The van der Waals surface area contributed by atoms with Crippen LogP contribution in [-0.4, -0.2) is 46.8 Å². The van der Waals surface area contributed by atoms with E-state index >= 15 is 0 Å². The van der Waals surface area contributed by atoms with Crippen LogP contribution in [0.1, 0.15) is 18.9 Å². The van der Waals surface area contributed by atoms with Crippen LogP contribution in [0.4, 0.5) is 4.39 Å². The number of nitrogens with zero attached hydrogens (tertiary/aromatic N) is 1. The molecule has 0 amide bonds. The molecule has 0 atom stereocenters. The Morgan fingerprint density at radius 2 is 1.96 bits per heavy atom. The van der Waals surface area contributed by atoms with E-state index in [2.05, 4.69) is 20.3 Å². The molecule has 1 aromatic carbocycles. The van der Waals surface area contributed by atoms with E-state index in [0.29, 0.717) is 38.4 Å². The molecule has 0 aliphatic carbocycles. The van der Waals surface area contributed by atoms with Gasteiger partial charge in [-0.3, -0.25) is 4.99 Å². The SMILES string of the molecule is CCS(=O)(=O)NCCCNC(=NC)NCCc1cccc(F)c1. The topological polar surface area (TPSA) is 82.6 Å². The number of rotatable bonds is 9. The van der Waals surface area contributed by atoms with E-state index in [-0.39, 0.29) is 11.6 Å². The van der Waals surface area contributed by atoms with Gasteiger partial charge in [0.2, 0.25) is 10.0 Å². The number of hydrogen-bond acceptors (Lipinski definition) is 3. The Kier molecular flexibility index (Phi) is 8.57. The minimum absolute atomic E-state index is 0.0870. The second kappa shape index (κ2) is 10.2. The molecule has 1 aromatic rings. The predicted octanol–water partition coefficient (Wildman–Crippen LogP) is 0.863. The Morgan fingerprint density at radius 1 is 1.22 bits per heavy atom.